The molecule has 0 bridgehead atoms. The highest BCUT2D eigenvalue weighted by atomic mass is 16.5. The van der Waals surface area contributed by atoms with E-state index >= 15 is 0 Å². The summed E-state index contributed by atoms with van der Waals surface area (Å²) in [4.78, 5) is 22.5. The lowest BCUT2D eigenvalue weighted by atomic mass is 10.2. The maximum absolute atomic E-state index is 11.9. The van der Waals surface area contributed by atoms with Crippen LogP contribution >= 0.6 is 0 Å². The van der Waals surface area contributed by atoms with Crippen molar-refractivity contribution in [2.45, 2.75) is 31.7 Å². The molecular formula is C16H21N5O2. The number of pyridine rings is 1. The van der Waals surface area contributed by atoms with Crippen molar-refractivity contribution in [3.8, 4) is 11.4 Å². The summed E-state index contributed by atoms with van der Waals surface area (Å²) in [5, 5.41) is 7.01. The predicted molar refractivity (Wildman–Crippen MR) is 84.5 cm³/mol. The van der Waals surface area contributed by atoms with Crippen LogP contribution in [0.15, 0.2) is 29.0 Å². The van der Waals surface area contributed by atoms with E-state index in [2.05, 4.69) is 32.4 Å². The molecule has 2 aromatic heterocycles. The minimum absolute atomic E-state index is 0.0947. The molecule has 1 aliphatic heterocycles. The summed E-state index contributed by atoms with van der Waals surface area (Å²) in [6, 6.07) is 4.00. The van der Waals surface area contributed by atoms with Crippen LogP contribution in [0, 0.1) is 0 Å². The quantitative estimate of drug-likeness (QED) is 0.864. The molecule has 1 amide bonds. The van der Waals surface area contributed by atoms with Gasteiger partial charge in [-0.1, -0.05) is 5.16 Å². The molecule has 122 valence electrons. The van der Waals surface area contributed by atoms with E-state index < -0.39 is 0 Å². The fourth-order valence-electron chi connectivity index (χ4n) is 2.72. The number of rotatable bonds is 6. The summed E-state index contributed by atoms with van der Waals surface area (Å²) in [5.41, 5.74) is 0.825. The van der Waals surface area contributed by atoms with E-state index in [1.165, 1.54) is 0 Å². The first-order chi connectivity index (χ1) is 11.2. The largest absolute Gasteiger partial charge is 0.352 e. The summed E-state index contributed by atoms with van der Waals surface area (Å²) in [5.74, 6) is 1.18. The van der Waals surface area contributed by atoms with Crippen molar-refractivity contribution >= 4 is 5.91 Å². The Hall–Kier alpha value is -2.28. The highest BCUT2D eigenvalue weighted by molar-refractivity contribution is 5.76. The SMILES string of the molecule is CN1CC[C@@H](NC(=O)CCCc2nc(-c3cccnc3)no2)C1. The Morgan fingerprint density at radius 1 is 1.52 bits per heavy atom. The van der Waals surface area contributed by atoms with E-state index in [0.717, 1.165) is 25.1 Å². The molecule has 7 heteroatoms. The molecule has 1 aliphatic rings. The first-order valence-corrected chi connectivity index (χ1v) is 7.91. The van der Waals surface area contributed by atoms with Crippen LogP contribution in [0.2, 0.25) is 0 Å². The molecule has 0 unspecified atom stereocenters. The Morgan fingerprint density at radius 3 is 3.17 bits per heavy atom. The Kier molecular flexibility index (Phi) is 4.97. The van der Waals surface area contributed by atoms with Crippen molar-refractivity contribution in [1.82, 2.24) is 25.3 Å². The predicted octanol–water partition coefficient (Wildman–Crippen LogP) is 1.27. The highest BCUT2D eigenvalue weighted by Crippen LogP contribution is 2.14. The molecule has 0 aliphatic carbocycles. The molecule has 1 fully saturated rings. The second kappa shape index (κ2) is 7.32. The van der Waals surface area contributed by atoms with Gasteiger partial charge in [0.2, 0.25) is 17.6 Å². The fraction of sp³-hybridized carbons (Fsp3) is 0.500. The number of aryl methyl sites for hydroxylation is 1. The third-order valence-corrected chi connectivity index (χ3v) is 3.94. The third kappa shape index (κ3) is 4.35. The number of likely N-dealkylation sites (tertiary alicyclic amines) is 1. The Bertz CT molecular complexity index is 643. The Labute approximate surface area is 135 Å². The van der Waals surface area contributed by atoms with Gasteiger partial charge in [0, 0.05) is 43.4 Å². The van der Waals surface area contributed by atoms with Crippen molar-refractivity contribution < 1.29 is 9.32 Å². The van der Waals surface area contributed by atoms with Gasteiger partial charge in [-0.3, -0.25) is 9.78 Å². The van der Waals surface area contributed by atoms with Gasteiger partial charge < -0.3 is 14.7 Å². The maximum atomic E-state index is 11.9. The van der Waals surface area contributed by atoms with Crippen molar-refractivity contribution in [1.29, 1.82) is 0 Å². The second-order valence-electron chi connectivity index (χ2n) is 5.92. The number of likely N-dealkylation sites (N-methyl/N-ethyl adjacent to an activating group) is 1. The lowest BCUT2D eigenvalue weighted by Gasteiger charge is -2.12. The topological polar surface area (TPSA) is 84.2 Å². The standard InChI is InChI=1S/C16H21N5O2/c1-21-9-7-13(11-21)18-14(22)5-2-6-15-19-16(20-23-15)12-4-3-8-17-10-12/h3-4,8,10,13H,2,5-7,9,11H2,1H3,(H,18,22)/t13-/m1/s1. The Morgan fingerprint density at radius 2 is 2.43 bits per heavy atom. The van der Waals surface area contributed by atoms with Crippen LogP contribution in [0.1, 0.15) is 25.2 Å². The smallest absolute Gasteiger partial charge is 0.226 e. The zero-order valence-electron chi connectivity index (χ0n) is 13.2. The molecular weight excluding hydrogens is 294 g/mol. The van der Waals surface area contributed by atoms with Crippen LogP contribution in [-0.2, 0) is 11.2 Å². The van der Waals surface area contributed by atoms with Crippen LogP contribution in [0.4, 0.5) is 0 Å². The summed E-state index contributed by atoms with van der Waals surface area (Å²) < 4.78 is 5.22. The summed E-state index contributed by atoms with van der Waals surface area (Å²) in [7, 11) is 2.07. The molecule has 7 nitrogen and oxygen atoms in total. The second-order valence-corrected chi connectivity index (χ2v) is 5.92. The highest BCUT2D eigenvalue weighted by Gasteiger charge is 2.20. The number of carbonyl (C=O) groups is 1. The molecule has 1 N–H and O–H groups in total. The molecule has 3 rings (SSSR count). The van der Waals surface area contributed by atoms with E-state index in [0.29, 0.717) is 31.0 Å². The van der Waals surface area contributed by atoms with E-state index in [1.54, 1.807) is 12.4 Å². The van der Waals surface area contributed by atoms with E-state index in [-0.39, 0.29) is 11.9 Å². The number of aromatic nitrogens is 3. The van der Waals surface area contributed by atoms with Crippen molar-refractivity contribution in [3.05, 3.63) is 30.4 Å². The number of hydrogen-bond acceptors (Lipinski definition) is 6. The van der Waals surface area contributed by atoms with Gasteiger partial charge in [0.25, 0.3) is 0 Å². The van der Waals surface area contributed by atoms with Gasteiger partial charge in [-0.15, -0.1) is 0 Å². The van der Waals surface area contributed by atoms with E-state index in [4.69, 9.17) is 4.52 Å². The van der Waals surface area contributed by atoms with Crippen molar-refractivity contribution in [2.24, 2.45) is 0 Å². The number of carbonyl (C=O) groups excluding carboxylic acids is 1. The van der Waals surface area contributed by atoms with Crippen LogP contribution in [0.3, 0.4) is 0 Å². The average molecular weight is 315 g/mol. The molecule has 3 heterocycles. The molecule has 0 radical (unpaired) electrons. The zero-order chi connectivity index (χ0) is 16.1. The fourth-order valence-corrected chi connectivity index (χ4v) is 2.72. The van der Waals surface area contributed by atoms with Gasteiger partial charge in [0.05, 0.1) is 0 Å². The molecule has 0 spiro atoms. The summed E-state index contributed by atoms with van der Waals surface area (Å²) in [6.07, 6.45) is 6.20. The first kappa shape index (κ1) is 15.6. The average Bonchev–Trinajstić information content (AvgIpc) is 3.17. The van der Waals surface area contributed by atoms with Crippen LogP contribution in [0.5, 0.6) is 0 Å². The summed E-state index contributed by atoms with van der Waals surface area (Å²) >= 11 is 0. The number of nitrogens with zero attached hydrogens (tertiary/aromatic N) is 4. The van der Waals surface area contributed by atoms with Crippen LogP contribution in [-0.4, -0.2) is 52.1 Å². The third-order valence-electron chi connectivity index (χ3n) is 3.94. The first-order valence-electron chi connectivity index (χ1n) is 7.91. The molecule has 0 aromatic carbocycles. The van der Waals surface area contributed by atoms with Gasteiger partial charge in [-0.25, -0.2) is 0 Å². The molecule has 1 atom stereocenters. The minimum Gasteiger partial charge on any atom is -0.352 e. The van der Waals surface area contributed by atoms with Crippen molar-refractivity contribution in [2.75, 3.05) is 20.1 Å². The van der Waals surface area contributed by atoms with Gasteiger partial charge in [0.1, 0.15) is 0 Å². The van der Waals surface area contributed by atoms with Gasteiger partial charge in [-0.2, -0.15) is 4.98 Å². The van der Waals surface area contributed by atoms with Gasteiger partial charge in [-0.05, 0) is 38.6 Å². The van der Waals surface area contributed by atoms with E-state index in [1.807, 2.05) is 12.1 Å². The maximum Gasteiger partial charge on any atom is 0.226 e. The Balaban J connectivity index is 1.42. The molecule has 23 heavy (non-hydrogen) atoms. The molecule has 0 saturated carbocycles. The normalized spacial score (nSPS) is 18.2. The van der Waals surface area contributed by atoms with Crippen molar-refractivity contribution in [3.63, 3.8) is 0 Å². The van der Waals surface area contributed by atoms with Gasteiger partial charge >= 0.3 is 0 Å². The molecule has 2 aromatic rings. The number of hydrogen-bond donors (Lipinski definition) is 1. The molecule has 1 saturated heterocycles. The number of nitrogens with one attached hydrogen (secondary N) is 1. The van der Waals surface area contributed by atoms with Gasteiger partial charge in [0.15, 0.2) is 0 Å². The minimum atomic E-state index is 0.0947. The lowest BCUT2D eigenvalue weighted by molar-refractivity contribution is -0.121. The lowest BCUT2D eigenvalue weighted by Crippen LogP contribution is -2.36. The monoisotopic (exact) mass is 315 g/mol. The van der Waals surface area contributed by atoms with Crippen LogP contribution < -0.4 is 5.32 Å². The van der Waals surface area contributed by atoms with Crippen LogP contribution in [0.25, 0.3) is 11.4 Å². The van der Waals surface area contributed by atoms with E-state index in [9.17, 15) is 4.79 Å². The zero-order valence-corrected chi connectivity index (χ0v) is 13.2. The summed E-state index contributed by atoms with van der Waals surface area (Å²) in [6.45, 7) is 1.98. The number of amides is 1.